The van der Waals surface area contributed by atoms with Crippen molar-refractivity contribution in [1.29, 1.82) is 0 Å². The summed E-state index contributed by atoms with van der Waals surface area (Å²) in [6.07, 6.45) is 0. The SMILES string of the molecule is COc1cccc(C2C(C)(C(=O)O)C(CF)NC(C)C2(C(=O)O)C(C)C)c1OC. The van der Waals surface area contributed by atoms with Crippen molar-refractivity contribution in [2.75, 3.05) is 20.9 Å². The molecule has 0 radical (unpaired) electrons. The van der Waals surface area contributed by atoms with Gasteiger partial charge < -0.3 is 25.0 Å². The molecule has 0 saturated carbocycles. The number of carboxylic acids is 2. The Bertz CT molecular complexity index is 784. The normalized spacial score (nSPS) is 32.1. The predicted molar refractivity (Wildman–Crippen MR) is 105 cm³/mol. The Labute approximate surface area is 170 Å². The molecular formula is C21H30FNO6. The van der Waals surface area contributed by atoms with E-state index in [0.717, 1.165) is 0 Å². The van der Waals surface area contributed by atoms with Gasteiger partial charge in [0.15, 0.2) is 11.5 Å². The molecule has 1 aromatic rings. The highest BCUT2D eigenvalue weighted by Gasteiger charge is 2.67. The lowest BCUT2D eigenvalue weighted by Crippen LogP contribution is -2.71. The first-order chi connectivity index (χ1) is 13.5. The van der Waals surface area contributed by atoms with Crippen LogP contribution in [0.2, 0.25) is 0 Å². The van der Waals surface area contributed by atoms with E-state index in [1.807, 2.05) is 0 Å². The zero-order valence-electron chi connectivity index (χ0n) is 17.7. The minimum absolute atomic E-state index is 0.255. The number of benzene rings is 1. The fourth-order valence-electron chi connectivity index (χ4n) is 5.15. The molecule has 162 valence electrons. The van der Waals surface area contributed by atoms with Gasteiger partial charge in [0, 0.05) is 17.5 Å². The van der Waals surface area contributed by atoms with Crippen molar-refractivity contribution in [2.24, 2.45) is 16.7 Å². The second-order valence-electron chi connectivity index (χ2n) is 8.09. The molecule has 5 unspecified atom stereocenters. The summed E-state index contributed by atoms with van der Waals surface area (Å²) in [6, 6.07) is 3.16. The van der Waals surface area contributed by atoms with Crippen molar-refractivity contribution in [1.82, 2.24) is 5.32 Å². The molecule has 0 amide bonds. The molecular weight excluding hydrogens is 381 g/mol. The molecule has 3 N–H and O–H groups in total. The molecule has 1 saturated heterocycles. The minimum atomic E-state index is -1.76. The fourth-order valence-corrected chi connectivity index (χ4v) is 5.15. The highest BCUT2D eigenvalue weighted by atomic mass is 19.1. The molecule has 7 nitrogen and oxygen atoms in total. The Kier molecular flexibility index (Phi) is 6.47. The number of piperidine rings is 1. The number of aliphatic carboxylic acids is 2. The Morgan fingerprint density at radius 3 is 2.24 bits per heavy atom. The molecule has 8 heteroatoms. The molecule has 2 rings (SSSR count). The standard InChI is InChI=1S/C21H30FNO6/c1-11(2)21(19(26)27)12(3)23-15(10-22)20(4,18(24)25)17(21)13-8-7-9-14(28-5)16(13)29-6/h7-9,11-12,15,17,23H,10H2,1-6H3,(H,24,25)(H,26,27). The van der Waals surface area contributed by atoms with Crippen LogP contribution in [0, 0.1) is 16.7 Å². The number of ether oxygens (including phenoxy) is 2. The summed E-state index contributed by atoms with van der Waals surface area (Å²) in [5, 5.41) is 23.6. The Morgan fingerprint density at radius 2 is 1.83 bits per heavy atom. The molecule has 0 spiro atoms. The summed E-state index contributed by atoms with van der Waals surface area (Å²) >= 11 is 0. The van der Waals surface area contributed by atoms with Crippen LogP contribution in [-0.4, -0.2) is 55.1 Å². The van der Waals surface area contributed by atoms with E-state index < -0.39 is 53.4 Å². The van der Waals surface area contributed by atoms with Crippen LogP contribution >= 0.6 is 0 Å². The van der Waals surface area contributed by atoms with Crippen molar-refractivity contribution >= 4 is 11.9 Å². The third-order valence-corrected chi connectivity index (χ3v) is 6.65. The van der Waals surface area contributed by atoms with Crippen LogP contribution in [0.3, 0.4) is 0 Å². The number of para-hydroxylation sites is 1. The van der Waals surface area contributed by atoms with Crippen LogP contribution in [0.1, 0.15) is 39.2 Å². The molecule has 1 aliphatic heterocycles. The number of alkyl halides is 1. The number of carbonyl (C=O) groups is 2. The second kappa shape index (κ2) is 8.18. The first kappa shape index (κ1) is 22.9. The van der Waals surface area contributed by atoms with Gasteiger partial charge in [-0.1, -0.05) is 26.0 Å². The van der Waals surface area contributed by atoms with Gasteiger partial charge in [-0.2, -0.15) is 0 Å². The topological polar surface area (TPSA) is 105 Å². The quantitative estimate of drug-likeness (QED) is 0.633. The lowest BCUT2D eigenvalue weighted by atomic mass is 9.49. The van der Waals surface area contributed by atoms with Crippen LogP contribution in [0.25, 0.3) is 0 Å². The predicted octanol–water partition coefficient (Wildman–Crippen LogP) is 2.94. The Hall–Kier alpha value is -2.35. The largest absolute Gasteiger partial charge is 0.493 e. The molecule has 0 aliphatic carbocycles. The third-order valence-electron chi connectivity index (χ3n) is 6.65. The third kappa shape index (κ3) is 3.13. The van der Waals surface area contributed by atoms with E-state index in [-0.39, 0.29) is 5.75 Å². The number of hydrogen-bond acceptors (Lipinski definition) is 5. The number of methoxy groups -OCH3 is 2. The number of carboxylic acid groups (broad SMARTS) is 2. The smallest absolute Gasteiger partial charge is 0.312 e. The van der Waals surface area contributed by atoms with Gasteiger partial charge in [0.2, 0.25) is 0 Å². The summed E-state index contributed by atoms with van der Waals surface area (Å²) in [6.45, 7) is 5.59. The van der Waals surface area contributed by atoms with E-state index in [1.54, 1.807) is 39.0 Å². The maximum absolute atomic E-state index is 14.0. The first-order valence-electron chi connectivity index (χ1n) is 9.54. The van der Waals surface area contributed by atoms with Crippen LogP contribution in [0.15, 0.2) is 18.2 Å². The van der Waals surface area contributed by atoms with Gasteiger partial charge in [-0.25, -0.2) is 4.39 Å². The zero-order valence-corrected chi connectivity index (χ0v) is 17.7. The van der Waals surface area contributed by atoms with Gasteiger partial charge in [0.05, 0.1) is 31.1 Å². The van der Waals surface area contributed by atoms with Crippen LogP contribution < -0.4 is 14.8 Å². The molecule has 1 heterocycles. The van der Waals surface area contributed by atoms with Crippen molar-refractivity contribution in [3.8, 4) is 11.5 Å². The maximum atomic E-state index is 14.0. The van der Waals surface area contributed by atoms with Crippen LogP contribution in [0.4, 0.5) is 4.39 Å². The van der Waals surface area contributed by atoms with Crippen molar-refractivity contribution in [2.45, 2.75) is 45.7 Å². The van der Waals surface area contributed by atoms with E-state index in [4.69, 9.17) is 9.47 Å². The molecule has 0 aromatic heterocycles. The van der Waals surface area contributed by atoms with E-state index in [2.05, 4.69) is 5.32 Å². The summed E-state index contributed by atoms with van der Waals surface area (Å²) in [5.41, 5.74) is -2.93. The summed E-state index contributed by atoms with van der Waals surface area (Å²) in [4.78, 5) is 25.3. The Balaban J connectivity index is 3.01. The van der Waals surface area contributed by atoms with E-state index in [0.29, 0.717) is 11.3 Å². The average molecular weight is 411 g/mol. The van der Waals surface area contributed by atoms with E-state index >= 15 is 0 Å². The average Bonchev–Trinajstić information content (AvgIpc) is 2.67. The van der Waals surface area contributed by atoms with Gasteiger partial charge in [-0.15, -0.1) is 0 Å². The van der Waals surface area contributed by atoms with Gasteiger partial charge in [0.1, 0.15) is 6.67 Å². The maximum Gasteiger partial charge on any atom is 0.312 e. The number of halogens is 1. The molecule has 0 bridgehead atoms. The summed E-state index contributed by atoms with van der Waals surface area (Å²) in [7, 11) is 2.86. The number of hydrogen-bond donors (Lipinski definition) is 3. The highest BCUT2D eigenvalue weighted by molar-refractivity contribution is 5.84. The lowest BCUT2D eigenvalue weighted by molar-refractivity contribution is -0.176. The zero-order chi connectivity index (χ0) is 22.1. The molecule has 1 aromatic carbocycles. The van der Waals surface area contributed by atoms with E-state index in [9.17, 15) is 24.2 Å². The molecule has 5 atom stereocenters. The van der Waals surface area contributed by atoms with Crippen LogP contribution in [0.5, 0.6) is 11.5 Å². The second-order valence-corrected chi connectivity index (χ2v) is 8.09. The first-order valence-corrected chi connectivity index (χ1v) is 9.54. The van der Waals surface area contributed by atoms with Gasteiger partial charge in [-0.3, -0.25) is 9.59 Å². The molecule has 1 aliphatic rings. The van der Waals surface area contributed by atoms with Crippen molar-refractivity contribution in [3.63, 3.8) is 0 Å². The number of rotatable bonds is 7. The monoisotopic (exact) mass is 411 g/mol. The lowest BCUT2D eigenvalue weighted by Gasteiger charge is -2.58. The fraction of sp³-hybridized carbons (Fsp3) is 0.619. The summed E-state index contributed by atoms with van der Waals surface area (Å²) in [5.74, 6) is -3.38. The highest BCUT2D eigenvalue weighted by Crippen LogP contribution is 2.60. The molecule has 29 heavy (non-hydrogen) atoms. The van der Waals surface area contributed by atoms with Crippen molar-refractivity contribution in [3.05, 3.63) is 23.8 Å². The Morgan fingerprint density at radius 1 is 1.21 bits per heavy atom. The summed E-state index contributed by atoms with van der Waals surface area (Å²) < 4.78 is 24.9. The number of nitrogens with one attached hydrogen (secondary N) is 1. The minimum Gasteiger partial charge on any atom is -0.493 e. The van der Waals surface area contributed by atoms with Gasteiger partial charge in [-0.05, 0) is 25.8 Å². The van der Waals surface area contributed by atoms with Gasteiger partial charge >= 0.3 is 11.9 Å². The van der Waals surface area contributed by atoms with Crippen molar-refractivity contribution < 1.29 is 33.7 Å². The molecule has 1 fully saturated rings. The van der Waals surface area contributed by atoms with Gasteiger partial charge in [0.25, 0.3) is 0 Å². The van der Waals surface area contributed by atoms with E-state index in [1.165, 1.54) is 21.1 Å². The van der Waals surface area contributed by atoms with Crippen LogP contribution in [-0.2, 0) is 9.59 Å².